The highest BCUT2D eigenvalue weighted by molar-refractivity contribution is 5.76. The fourth-order valence-electron chi connectivity index (χ4n) is 9.38. The van der Waals surface area contributed by atoms with Crippen LogP contribution in [0.1, 0.15) is 174 Å². The average molecular weight is 1040 g/mol. The maximum absolute atomic E-state index is 13.2. The van der Waals surface area contributed by atoms with Crippen molar-refractivity contribution in [2.24, 2.45) is 0 Å². The van der Waals surface area contributed by atoms with Gasteiger partial charge in [-0.2, -0.15) is 0 Å². The molecule has 0 saturated carbocycles. The van der Waals surface area contributed by atoms with Gasteiger partial charge < -0.3 is 89.9 Å². The Bertz CT molecular complexity index is 1430. The fraction of sp³-hybridized carbons (Fsp3) is 0.906. The SMILES string of the molecule is CCCCCCCCCCCCCCC/C=C/CC/C=C/C(O)C(COC1OC(CO)C(OC2OC(CO)C(OC3OC(CO)C(O)C(O)C3O)C(O)C2O)C(O)C1O)NC(=O)CCCCCCCCCC. The van der Waals surface area contributed by atoms with Crippen molar-refractivity contribution in [2.75, 3.05) is 26.4 Å². The van der Waals surface area contributed by atoms with Crippen LogP contribution in [-0.2, 0) is 33.2 Å². The van der Waals surface area contributed by atoms with Crippen LogP contribution in [0.25, 0.3) is 0 Å². The van der Waals surface area contributed by atoms with Crippen LogP contribution >= 0.6 is 0 Å². The molecule has 17 unspecified atom stereocenters. The minimum absolute atomic E-state index is 0.236. The summed E-state index contributed by atoms with van der Waals surface area (Å²) in [6.07, 6.45) is 9.16. The smallest absolute Gasteiger partial charge is 0.220 e. The normalized spacial score (nSPS) is 32.2. The van der Waals surface area contributed by atoms with Gasteiger partial charge in [0.05, 0.1) is 38.6 Å². The number of hydrogen-bond donors (Lipinski definition) is 12. The number of aliphatic hydroxyl groups excluding tert-OH is 11. The van der Waals surface area contributed by atoms with Crippen molar-refractivity contribution in [3.63, 3.8) is 0 Å². The molecule has 3 aliphatic heterocycles. The highest BCUT2D eigenvalue weighted by Crippen LogP contribution is 2.33. The lowest BCUT2D eigenvalue weighted by Crippen LogP contribution is -2.66. The van der Waals surface area contributed by atoms with Crippen LogP contribution in [0.15, 0.2) is 24.3 Å². The van der Waals surface area contributed by atoms with Gasteiger partial charge in [0.1, 0.15) is 73.2 Å². The Morgan fingerprint density at radius 1 is 0.486 bits per heavy atom. The Hall–Kier alpha value is -1.73. The lowest BCUT2D eigenvalue weighted by molar-refractivity contribution is -0.379. The van der Waals surface area contributed by atoms with Crippen LogP contribution in [0.2, 0.25) is 0 Å². The Labute approximate surface area is 428 Å². The lowest BCUT2D eigenvalue weighted by atomic mass is 9.96. The minimum atomic E-state index is -1.98. The number of allylic oxidation sites excluding steroid dienone is 3. The molecule has 3 aliphatic rings. The zero-order chi connectivity index (χ0) is 52.7. The van der Waals surface area contributed by atoms with Gasteiger partial charge in [0.2, 0.25) is 5.91 Å². The van der Waals surface area contributed by atoms with E-state index in [9.17, 15) is 61.0 Å². The minimum Gasteiger partial charge on any atom is -0.394 e. The fourth-order valence-corrected chi connectivity index (χ4v) is 9.38. The predicted molar refractivity (Wildman–Crippen MR) is 268 cm³/mol. The van der Waals surface area contributed by atoms with Gasteiger partial charge >= 0.3 is 0 Å². The van der Waals surface area contributed by atoms with Gasteiger partial charge in [-0.15, -0.1) is 0 Å². The van der Waals surface area contributed by atoms with E-state index in [0.717, 1.165) is 44.9 Å². The topological polar surface area (TPSA) is 307 Å². The van der Waals surface area contributed by atoms with Gasteiger partial charge in [-0.3, -0.25) is 4.79 Å². The maximum Gasteiger partial charge on any atom is 0.220 e. The summed E-state index contributed by atoms with van der Waals surface area (Å²) in [5, 5.41) is 120. The summed E-state index contributed by atoms with van der Waals surface area (Å²) in [5.41, 5.74) is 0. The molecule has 3 saturated heterocycles. The van der Waals surface area contributed by atoms with E-state index in [-0.39, 0.29) is 18.9 Å². The summed E-state index contributed by atoms with van der Waals surface area (Å²) < 4.78 is 34.1. The van der Waals surface area contributed by atoms with Gasteiger partial charge in [0, 0.05) is 6.42 Å². The molecule has 1 amide bonds. The predicted octanol–water partition coefficient (Wildman–Crippen LogP) is 3.20. The summed E-state index contributed by atoms with van der Waals surface area (Å²) in [5.74, 6) is -0.291. The highest BCUT2D eigenvalue weighted by atomic mass is 16.8. The van der Waals surface area contributed by atoms with E-state index < -0.39 is 124 Å². The van der Waals surface area contributed by atoms with Crippen LogP contribution in [0.3, 0.4) is 0 Å². The third-order valence-corrected chi connectivity index (χ3v) is 14.0. The molecule has 3 fully saturated rings. The van der Waals surface area contributed by atoms with E-state index >= 15 is 0 Å². The van der Waals surface area contributed by atoms with Crippen molar-refractivity contribution in [3.8, 4) is 0 Å². The zero-order valence-electron chi connectivity index (χ0n) is 43.4. The molecule has 19 nitrogen and oxygen atoms in total. The van der Waals surface area contributed by atoms with Crippen LogP contribution in [0.4, 0.5) is 0 Å². The number of rotatable bonds is 39. The van der Waals surface area contributed by atoms with Crippen LogP contribution in [0, 0.1) is 0 Å². The molecule has 3 rings (SSSR count). The molecule has 19 heteroatoms. The second-order valence-electron chi connectivity index (χ2n) is 20.0. The van der Waals surface area contributed by atoms with E-state index in [1.165, 1.54) is 96.3 Å². The third kappa shape index (κ3) is 22.9. The number of aliphatic hydroxyl groups is 11. The summed E-state index contributed by atoms with van der Waals surface area (Å²) in [7, 11) is 0. The zero-order valence-corrected chi connectivity index (χ0v) is 43.4. The molecule has 0 aliphatic carbocycles. The van der Waals surface area contributed by atoms with Crippen molar-refractivity contribution in [2.45, 2.75) is 279 Å². The summed E-state index contributed by atoms with van der Waals surface area (Å²) in [6, 6.07) is -0.982. The molecule has 0 aromatic heterocycles. The number of nitrogens with one attached hydrogen (secondary N) is 1. The Balaban J connectivity index is 1.52. The van der Waals surface area contributed by atoms with Crippen molar-refractivity contribution >= 4 is 5.91 Å². The molecular formula is C53H97NO18. The van der Waals surface area contributed by atoms with Crippen molar-refractivity contribution in [1.82, 2.24) is 5.32 Å². The Morgan fingerprint density at radius 2 is 0.889 bits per heavy atom. The molecule has 3 heterocycles. The molecule has 12 N–H and O–H groups in total. The molecular weight excluding hydrogens is 939 g/mol. The largest absolute Gasteiger partial charge is 0.394 e. The van der Waals surface area contributed by atoms with Crippen LogP contribution in [-0.4, -0.2) is 193 Å². The van der Waals surface area contributed by atoms with Gasteiger partial charge in [-0.05, 0) is 32.1 Å². The van der Waals surface area contributed by atoms with E-state index in [4.69, 9.17) is 28.4 Å². The molecule has 0 radical (unpaired) electrons. The summed E-state index contributed by atoms with van der Waals surface area (Å²) in [4.78, 5) is 13.2. The molecule has 0 aromatic carbocycles. The number of ether oxygens (including phenoxy) is 6. The van der Waals surface area contributed by atoms with E-state index in [1.807, 2.05) is 6.08 Å². The first-order chi connectivity index (χ1) is 34.8. The quantitative estimate of drug-likeness (QED) is 0.0311. The molecule has 0 spiro atoms. The number of carbonyl (C=O) groups is 1. The van der Waals surface area contributed by atoms with Gasteiger partial charge in [0.15, 0.2) is 18.9 Å². The highest BCUT2D eigenvalue weighted by Gasteiger charge is 2.53. The number of unbranched alkanes of at least 4 members (excludes halogenated alkanes) is 21. The third-order valence-electron chi connectivity index (χ3n) is 14.0. The Morgan fingerprint density at radius 3 is 1.39 bits per heavy atom. The van der Waals surface area contributed by atoms with E-state index in [1.54, 1.807) is 6.08 Å². The first kappa shape index (κ1) is 64.6. The summed E-state index contributed by atoms with van der Waals surface area (Å²) in [6.45, 7) is 1.64. The van der Waals surface area contributed by atoms with E-state index in [2.05, 4.69) is 31.3 Å². The van der Waals surface area contributed by atoms with Gasteiger partial charge in [-0.1, -0.05) is 160 Å². The molecule has 72 heavy (non-hydrogen) atoms. The average Bonchev–Trinajstić information content (AvgIpc) is 3.37. The Kier molecular flexibility index (Phi) is 34.0. The maximum atomic E-state index is 13.2. The standard InChI is InChI=1S/C53H97NO18/c1-3-5-7-9-11-13-14-15-16-17-18-19-20-21-22-23-24-26-28-30-37(58)36(54-41(59)31-29-27-25-12-10-8-6-4-2)35-67-51-47(65)44(62)49(39(33-56)69-51)72-53-48(66)45(63)50(40(34-57)70-53)71-52-46(64)43(61)42(60)38(32-55)68-52/h22-23,28,30,36-40,42-53,55-58,60-66H,3-21,24-27,29,31-35H2,1-2H3,(H,54,59)/b23-22+,30-28+. The van der Waals surface area contributed by atoms with Gasteiger partial charge in [-0.25, -0.2) is 0 Å². The van der Waals surface area contributed by atoms with Gasteiger partial charge in [0.25, 0.3) is 0 Å². The first-order valence-electron chi connectivity index (χ1n) is 27.6. The summed E-state index contributed by atoms with van der Waals surface area (Å²) >= 11 is 0. The van der Waals surface area contributed by atoms with E-state index in [0.29, 0.717) is 12.8 Å². The second-order valence-corrected chi connectivity index (χ2v) is 20.0. The molecule has 0 bridgehead atoms. The molecule has 0 aromatic rings. The number of amides is 1. The van der Waals surface area contributed by atoms with Crippen molar-refractivity contribution in [3.05, 3.63) is 24.3 Å². The van der Waals surface area contributed by atoms with Crippen LogP contribution < -0.4 is 5.32 Å². The van der Waals surface area contributed by atoms with Crippen molar-refractivity contribution in [1.29, 1.82) is 0 Å². The molecule has 422 valence electrons. The van der Waals surface area contributed by atoms with Crippen LogP contribution in [0.5, 0.6) is 0 Å². The monoisotopic (exact) mass is 1040 g/mol. The van der Waals surface area contributed by atoms with Crippen molar-refractivity contribution < 1.29 is 89.4 Å². The first-order valence-corrected chi connectivity index (χ1v) is 27.6. The number of carbonyl (C=O) groups excluding carboxylic acids is 1. The lowest BCUT2D eigenvalue weighted by Gasteiger charge is -2.48. The number of hydrogen-bond acceptors (Lipinski definition) is 18. The molecule has 17 atom stereocenters. The second kappa shape index (κ2) is 37.9.